The van der Waals surface area contributed by atoms with Gasteiger partial charge in [-0.2, -0.15) is 11.8 Å². The molecule has 0 aromatic heterocycles. The maximum absolute atomic E-state index is 11.0. The Kier molecular flexibility index (Phi) is 8.36. The van der Waals surface area contributed by atoms with Gasteiger partial charge in [-0.3, -0.25) is 14.4 Å². The van der Waals surface area contributed by atoms with Gasteiger partial charge in [0.2, 0.25) is 5.91 Å². The van der Waals surface area contributed by atoms with Crippen molar-refractivity contribution in [3.05, 3.63) is 0 Å². The third-order valence-corrected chi connectivity index (χ3v) is 2.32. The van der Waals surface area contributed by atoms with Crippen molar-refractivity contribution in [1.82, 2.24) is 5.48 Å². The number of amides is 2. The maximum Gasteiger partial charge on any atom is 0.253 e. The van der Waals surface area contributed by atoms with Crippen molar-refractivity contribution < 1.29 is 14.4 Å². The van der Waals surface area contributed by atoms with Gasteiger partial charge < -0.3 is 5.73 Å². The molecule has 0 aliphatic rings. The molecule has 0 bridgehead atoms. The second kappa shape index (κ2) is 8.83. The minimum Gasteiger partial charge on any atom is -0.368 e. The van der Waals surface area contributed by atoms with Gasteiger partial charge in [-0.05, 0) is 12.2 Å². The van der Waals surface area contributed by atoms with Crippen LogP contribution in [0.5, 0.6) is 0 Å². The number of primary amides is 1. The fraction of sp³-hybridized carbons (Fsp3) is 0.750. The highest BCUT2D eigenvalue weighted by atomic mass is 32.2. The monoisotopic (exact) mass is 220 g/mol. The lowest BCUT2D eigenvalue weighted by molar-refractivity contribution is -0.135. The summed E-state index contributed by atoms with van der Waals surface area (Å²) in [4.78, 5) is 25.7. The van der Waals surface area contributed by atoms with Crippen molar-refractivity contribution in [3.63, 3.8) is 0 Å². The summed E-state index contributed by atoms with van der Waals surface area (Å²) in [6.45, 7) is 1.81. The van der Waals surface area contributed by atoms with Crippen LogP contribution < -0.4 is 11.2 Å². The molecule has 0 saturated carbocycles. The highest BCUT2D eigenvalue weighted by molar-refractivity contribution is 7.99. The summed E-state index contributed by atoms with van der Waals surface area (Å²) in [5.74, 6) is 0.453. The third-order valence-electron chi connectivity index (χ3n) is 1.28. The van der Waals surface area contributed by atoms with Gasteiger partial charge >= 0.3 is 0 Å². The van der Waals surface area contributed by atoms with Gasteiger partial charge in [0.1, 0.15) is 0 Å². The van der Waals surface area contributed by atoms with Gasteiger partial charge in [-0.1, -0.05) is 13.3 Å². The Bertz CT molecular complexity index is 187. The van der Waals surface area contributed by atoms with Crippen LogP contribution in [-0.4, -0.2) is 29.9 Å². The number of thioether (sulfide) groups is 1. The van der Waals surface area contributed by atoms with Crippen molar-refractivity contribution in [3.8, 4) is 0 Å². The number of carbonyl (C=O) groups is 2. The molecule has 6 heteroatoms. The van der Waals surface area contributed by atoms with Crippen LogP contribution in [0.2, 0.25) is 0 Å². The Morgan fingerprint density at radius 3 is 2.79 bits per heavy atom. The molecule has 0 aromatic rings. The van der Waals surface area contributed by atoms with Crippen LogP contribution in [0.3, 0.4) is 0 Å². The quantitative estimate of drug-likeness (QED) is 0.447. The number of hydrogen-bond donors (Lipinski definition) is 2. The number of hydrogen-bond acceptors (Lipinski definition) is 4. The van der Waals surface area contributed by atoms with Crippen LogP contribution in [-0.2, 0) is 14.4 Å². The van der Waals surface area contributed by atoms with Crippen molar-refractivity contribution in [2.75, 3.05) is 18.1 Å². The molecule has 14 heavy (non-hydrogen) atoms. The topological polar surface area (TPSA) is 81.4 Å². The predicted molar refractivity (Wildman–Crippen MR) is 55.5 cm³/mol. The lowest BCUT2D eigenvalue weighted by Crippen LogP contribution is -2.30. The van der Waals surface area contributed by atoms with E-state index in [2.05, 4.69) is 17.2 Å². The first-order valence-electron chi connectivity index (χ1n) is 4.43. The fourth-order valence-electron chi connectivity index (χ4n) is 0.628. The Morgan fingerprint density at radius 1 is 1.50 bits per heavy atom. The van der Waals surface area contributed by atoms with Gasteiger partial charge in [-0.25, -0.2) is 5.48 Å². The minimum atomic E-state index is -0.607. The van der Waals surface area contributed by atoms with Crippen LogP contribution in [0.15, 0.2) is 0 Å². The zero-order valence-electron chi connectivity index (χ0n) is 8.25. The van der Waals surface area contributed by atoms with Crippen molar-refractivity contribution in [2.45, 2.75) is 19.8 Å². The van der Waals surface area contributed by atoms with E-state index in [1.807, 2.05) is 0 Å². The molecule has 0 fully saturated rings. The summed E-state index contributed by atoms with van der Waals surface area (Å²) < 4.78 is 0. The Labute approximate surface area is 87.7 Å². The number of nitrogens with two attached hydrogens (primary N) is 1. The summed E-state index contributed by atoms with van der Waals surface area (Å²) in [5, 5.41) is 0. The van der Waals surface area contributed by atoms with E-state index in [1.165, 1.54) is 11.8 Å². The van der Waals surface area contributed by atoms with E-state index < -0.39 is 5.91 Å². The van der Waals surface area contributed by atoms with Crippen LogP contribution in [0.25, 0.3) is 0 Å². The number of hydroxylamine groups is 1. The molecule has 0 saturated heterocycles. The van der Waals surface area contributed by atoms with Crippen molar-refractivity contribution in [2.24, 2.45) is 5.73 Å². The Hall–Kier alpha value is -0.750. The second-order valence-corrected chi connectivity index (χ2v) is 3.79. The van der Waals surface area contributed by atoms with Gasteiger partial charge in [0.25, 0.3) is 5.91 Å². The van der Waals surface area contributed by atoms with Crippen LogP contribution >= 0.6 is 11.8 Å². The number of unbranched alkanes of at least 4 members (excludes halogenated alkanes) is 1. The minimum absolute atomic E-state index is 0.243. The lowest BCUT2D eigenvalue weighted by atomic mass is 10.4. The second-order valence-electron chi connectivity index (χ2n) is 2.69. The first-order valence-corrected chi connectivity index (χ1v) is 5.59. The Morgan fingerprint density at radius 2 is 2.21 bits per heavy atom. The zero-order valence-corrected chi connectivity index (χ0v) is 9.06. The molecule has 82 valence electrons. The fourth-order valence-corrected chi connectivity index (χ4v) is 1.51. The average Bonchev–Trinajstić information content (AvgIpc) is 2.12. The van der Waals surface area contributed by atoms with Crippen molar-refractivity contribution >= 4 is 23.6 Å². The molecule has 0 rings (SSSR count). The Balaban J connectivity index is 3.24. The van der Waals surface area contributed by atoms with E-state index in [0.29, 0.717) is 5.75 Å². The largest absolute Gasteiger partial charge is 0.368 e. The zero-order chi connectivity index (χ0) is 10.8. The van der Waals surface area contributed by atoms with E-state index in [9.17, 15) is 9.59 Å². The summed E-state index contributed by atoms with van der Waals surface area (Å²) in [6.07, 6.45) is 2.22. The highest BCUT2D eigenvalue weighted by Gasteiger charge is 2.01. The molecule has 0 aromatic carbocycles. The summed E-state index contributed by atoms with van der Waals surface area (Å²) in [5.41, 5.74) is 6.93. The molecule has 2 amide bonds. The van der Waals surface area contributed by atoms with Gasteiger partial charge in [0.05, 0.1) is 5.75 Å². The molecule has 0 atom stereocenters. The van der Waals surface area contributed by atoms with E-state index in [0.717, 1.165) is 18.6 Å². The molecular formula is C8H16N2O3S. The molecule has 3 N–H and O–H groups in total. The molecular weight excluding hydrogens is 204 g/mol. The number of nitrogens with one attached hydrogen (secondary N) is 1. The highest BCUT2D eigenvalue weighted by Crippen LogP contribution is 2.03. The molecule has 0 heterocycles. The van der Waals surface area contributed by atoms with Crippen molar-refractivity contribution in [1.29, 1.82) is 0 Å². The van der Waals surface area contributed by atoms with E-state index in [-0.39, 0.29) is 12.5 Å². The normalized spacial score (nSPS) is 9.79. The van der Waals surface area contributed by atoms with Gasteiger partial charge in [-0.15, -0.1) is 0 Å². The third kappa shape index (κ3) is 9.34. The molecule has 0 spiro atoms. The first-order chi connectivity index (χ1) is 6.66. The van der Waals surface area contributed by atoms with Crippen LogP contribution in [0, 0.1) is 0 Å². The summed E-state index contributed by atoms with van der Waals surface area (Å²) >= 11 is 1.54. The maximum atomic E-state index is 11.0. The lowest BCUT2D eigenvalue weighted by Gasteiger charge is -2.03. The average molecular weight is 220 g/mol. The number of carbonyl (C=O) groups excluding carboxylic acids is 2. The standard InChI is InChI=1S/C8H16N2O3S/c1-2-3-4-14-6-8(12)10-13-5-7(9)11/h2-6H2,1H3,(H2,9,11)(H,10,12). The van der Waals surface area contributed by atoms with Crippen LogP contribution in [0.1, 0.15) is 19.8 Å². The molecule has 0 radical (unpaired) electrons. The first kappa shape index (κ1) is 13.2. The smallest absolute Gasteiger partial charge is 0.253 e. The van der Waals surface area contributed by atoms with E-state index >= 15 is 0 Å². The predicted octanol–water partition coefficient (Wildman–Crippen LogP) is 0.0528. The summed E-state index contributed by atoms with van der Waals surface area (Å²) in [6, 6.07) is 0. The number of rotatable bonds is 8. The van der Waals surface area contributed by atoms with Gasteiger partial charge in [0, 0.05) is 0 Å². The SMILES string of the molecule is CCCCSCC(=O)NOCC(N)=O. The van der Waals surface area contributed by atoms with E-state index in [1.54, 1.807) is 0 Å². The molecule has 0 aliphatic heterocycles. The van der Waals surface area contributed by atoms with Gasteiger partial charge in [0.15, 0.2) is 6.61 Å². The summed E-state index contributed by atoms with van der Waals surface area (Å²) in [7, 11) is 0. The molecule has 5 nitrogen and oxygen atoms in total. The van der Waals surface area contributed by atoms with Crippen LogP contribution in [0.4, 0.5) is 0 Å². The van der Waals surface area contributed by atoms with E-state index in [4.69, 9.17) is 5.73 Å². The molecule has 0 unspecified atom stereocenters. The molecule has 0 aliphatic carbocycles.